The highest BCUT2D eigenvalue weighted by Crippen LogP contribution is 2.33. The molecule has 0 bridgehead atoms. The van der Waals surface area contributed by atoms with Crippen molar-refractivity contribution in [1.82, 2.24) is 5.32 Å². The highest BCUT2D eigenvalue weighted by atomic mass is 19.3. The third-order valence-electron chi connectivity index (χ3n) is 4.04. The van der Waals surface area contributed by atoms with Crippen molar-refractivity contribution in [3.8, 4) is 0 Å². The van der Waals surface area contributed by atoms with Crippen molar-refractivity contribution in [1.29, 1.82) is 0 Å². The summed E-state index contributed by atoms with van der Waals surface area (Å²) < 4.78 is 26.0. The van der Waals surface area contributed by atoms with Crippen molar-refractivity contribution in [3.05, 3.63) is 0 Å². The molecule has 0 aromatic heterocycles. The third kappa shape index (κ3) is 3.69. The second kappa shape index (κ2) is 5.44. The van der Waals surface area contributed by atoms with E-state index in [1.165, 1.54) is 38.5 Å². The Balaban J connectivity index is 1.73. The summed E-state index contributed by atoms with van der Waals surface area (Å²) in [6, 6.07) is 0.946. The Morgan fingerprint density at radius 2 is 1.25 bits per heavy atom. The number of rotatable bonds is 2. The van der Waals surface area contributed by atoms with Crippen LogP contribution >= 0.6 is 0 Å². The van der Waals surface area contributed by atoms with E-state index in [-0.39, 0.29) is 12.8 Å². The Bertz CT molecular complexity index is 200. The van der Waals surface area contributed by atoms with Gasteiger partial charge in [-0.15, -0.1) is 0 Å². The monoisotopic (exact) mass is 231 g/mol. The molecule has 0 radical (unpaired) electrons. The summed E-state index contributed by atoms with van der Waals surface area (Å²) >= 11 is 0. The van der Waals surface area contributed by atoms with Crippen LogP contribution in [0.5, 0.6) is 0 Å². The molecule has 94 valence electrons. The largest absolute Gasteiger partial charge is 0.311 e. The summed E-state index contributed by atoms with van der Waals surface area (Å²) in [7, 11) is 0. The number of hydrogen-bond acceptors (Lipinski definition) is 1. The molecule has 0 heterocycles. The third-order valence-corrected chi connectivity index (χ3v) is 4.04. The van der Waals surface area contributed by atoms with E-state index >= 15 is 0 Å². The molecule has 0 unspecified atom stereocenters. The van der Waals surface area contributed by atoms with Gasteiger partial charge in [0.15, 0.2) is 0 Å². The zero-order chi connectivity index (χ0) is 11.4. The minimum atomic E-state index is -2.39. The van der Waals surface area contributed by atoms with Crippen LogP contribution in [0.4, 0.5) is 8.78 Å². The molecular weight excluding hydrogens is 208 g/mol. The molecule has 0 aromatic rings. The van der Waals surface area contributed by atoms with Crippen molar-refractivity contribution in [3.63, 3.8) is 0 Å². The van der Waals surface area contributed by atoms with E-state index in [1.807, 2.05) is 0 Å². The van der Waals surface area contributed by atoms with E-state index < -0.39 is 5.92 Å². The Hall–Kier alpha value is -0.180. The van der Waals surface area contributed by atoms with E-state index in [0.717, 1.165) is 0 Å². The normalized spacial score (nSPS) is 28.9. The molecule has 0 aliphatic heterocycles. The predicted octanol–water partition coefficient (Wildman–Crippen LogP) is 3.88. The summed E-state index contributed by atoms with van der Waals surface area (Å²) in [5.41, 5.74) is 0. The highest BCUT2D eigenvalue weighted by molar-refractivity contribution is 4.84. The lowest BCUT2D eigenvalue weighted by atomic mass is 9.91. The van der Waals surface area contributed by atoms with Crippen molar-refractivity contribution < 1.29 is 8.78 Å². The molecule has 0 saturated heterocycles. The SMILES string of the molecule is FC1(F)CCC(NC2CCCCCC2)CC1. The first-order valence-corrected chi connectivity index (χ1v) is 6.80. The first-order chi connectivity index (χ1) is 7.66. The van der Waals surface area contributed by atoms with Crippen LogP contribution in [0, 0.1) is 0 Å². The summed E-state index contributed by atoms with van der Waals surface area (Å²) in [5.74, 6) is -2.39. The minimum absolute atomic E-state index is 0.0807. The van der Waals surface area contributed by atoms with E-state index in [4.69, 9.17) is 0 Å². The lowest BCUT2D eigenvalue weighted by Crippen LogP contribution is -2.42. The van der Waals surface area contributed by atoms with Gasteiger partial charge in [0.1, 0.15) is 0 Å². The zero-order valence-corrected chi connectivity index (χ0v) is 9.98. The van der Waals surface area contributed by atoms with Crippen LogP contribution in [0.1, 0.15) is 64.2 Å². The van der Waals surface area contributed by atoms with Gasteiger partial charge in [-0.3, -0.25) is 0 Å². The average Bonchev–Trinajstić information content (AvgIpc) is 2.50. The maximum atomic E-state index is 13.0. The molecule has 2 aliphatic rings. The van der Waals surface area contributed by atoms with Gasteiger partial charge in [-0.05, 0) is 25.7 Å². The molecule has 0 amide bonds. The van der Waals surface area contributed by atoms with E-state index in [2.05, 4.69) is 5.32 Å². The molecule has 2 rings (SSSR count). The fourth-order valence-electron chi connectivity index (χ4n) is 2.99. The van der Waals surface area contributed by atoms with Crippen LogP contribution < -0.4 is 5.32 Å². The molecule has 1 N–H and O–H groups in total. The van der Waals surface area contributed by atoms with Crippen LogP contribution in [0.3, 0.4) is 0 Å². The van der Waals surface area contributed by atoms with Crippen LogP contribution in [0.2, 0.25) is 0 Å². The summed E-state index contributed by atoms with van der Waals surface area (Å²) in [5, 5.41) is 3.60. The Morgan fingerprint density at radius 3 is 1.81 bits per heavy atom. The number of halogens is 2. The van der Waals surface area contributed by atoms with Gasteiger partial charge in [0.2, 0.25) is 5.92 Å². The molecular formula is C13H23F2N. The standard InChI is InChI=1S/C13H23F2N/c14-13(15)9-7-12(8-10-13)16-11-5-3-1-2-4-6-11/h11-12,16H,1-10H2. The van der Waals surface area contributed by atoms with E-state index in [0.29, 0.717) is 24.9 Å². The van der Waals surface area contributed by atoms with Crippen molar-refractivity contribution in [2.75, 3.05) is 0 Å². The van der Waals surface area contributed by atoms with Crippen molar-refractivity contribution >= 4 is 0 Å². The van der Waals surface area contributed by atoms with E-state index in [9.17, 15) is 8.78 Å². The second-order valence-electron chi connectivity index (χ2n) is 5.49. The van der Waals surface area contributed by atoms with Gasteiger partial charge >= 0.3 is 0 Å². The van der Waals surface area contributed by atoms with Gasteiger partial charge in [0, 0.05) is 24.9 Å². The topological polar surface area (TPSA) is 12.0 Å². The molecule has 0 spiro atoms. The fraction of sp³-hybridized carbons (Fsp3) is 1.00. The maximum Gasteiger partial charge on any atom is 0.248 e. The van der Waals surface area contributed by atoms with Crippen molar-refractivity contribution in [2.24, 2.45) is 0 Å². The maximum absolute atomic E-state index is 13.0. The first-order valence-electron chi connectivity index (χ1n) is 6.80. The number of hydrogen-bond donors (Lipinski definition) is 1. The molecule has 2 aliphatic carbocycles. The summed E-state index contributed by atoms with van der Waals surface area (Å²) in [6.07, 6.45) is 9.27. The molecule has 0 atom stereocenters. The molecule has 1 nitrogen and oxygen atoms in total. The molecule has 2 fully saturated rings. The Kier molecular flexibility index (Phi) is 4.17. The average molecular weight is 231 g/mol. The molecule has 16 heavy (non-hydrogen) atoms. The van der Waals surface area contributed by atoms with E-state index in [1.54, 1.807) is 0 Å². The molecule has 3 heteroatoms. The molecule has 2 saturated carbocycles. The van der Waals surface area contributed by atoms with Crippen LogP contribution in [0.15, 0.2) is 0 Å². The van der Waals surface area contributed by atoms with Crippen molar-refractivity contribution in [2.45, 2.75) is 82.2 Å². The minimum Gasteiger partial charge on any atom is -0.311 e. The smallest absolute Gasteiger partial charge is 0.248 e. The van der Waals surface area contributed by atoms with Gasteiger partial charge in [-0.1, -0.05) is 25.7 Å². The first kappa shape index (κ1) is 12.3. The lowest BCUT2D eigenvalue weighted by Gasteiger charge is -2.31. The summed E-state index contributed by atoms with van der Waals surface area (Å²) in [4.78, 5) is 0. The lowest BCUT2D eigenvalue weighted by molar-refractivity contribution is -0.0413. The number of nitrogens with one attached hydrogen (secondary N) is 1. The predicted molar refractivity (Wildman–Crippen MR) is 61.8 cm³/mol. The van der Waals surface area contributed by atoms with Gasteiger partial charge in [0.05, 0.1) is 0 Å². The van der Waals surface area contributed by atoms with Gasteiger partial charge < -0.3 is 5.32 Å². The fourth-order valence-corrected chi connectivity index (χ4v) is 2.99. The highest BCUT2D eigenvalue weighted by Gasteiger charge is 2.35. The van der Waals surface area contributed by atoms with Gasteiger partial charge in [-0.25, -0.2) is 8.78 Å². The summed E-state index contributed by atoms with van der Waals surface area (Å²) in [6.45, 7) is 0. The zero-order valence-electron chi connectivity index (χ0n) is 9.98. The second-order valence-corrected chi connectivity index (χ2v) is 5.49. The van der Waals surface area contributed by atoms with Gasteiger partial charge in [-0.2, -0.15) is 0 Å². The van der Waals surface area contributed by atoms with Crippen LogP contribution in [0.25, 0.3) is 0 Å². The molecule has 0 aromatic carbocycles. The Labute approximate surface area is 97.0 Å². The Morgan fingerprint density at radius 1 is 0.750 bits per heavy atom. The van der Waals surface area contributed by atoms with Crippen LogP contribution in [-0.4, -0.2) is 18.0 Å². The van der Waals surface area contributed by atoms with Gasteiger partial charge in [0.25, 0.3) is 0 Å². The quantitative estimate of drug-likeness (QED) is 0.711. The number of alkyl halides is 2. The van der Waals surface area contributed by atoms with Crippen LogP contribution in [-0.2, 0) is 0 Å².